The molecule has 7 heteroatoms. The second-order valence-corrected chi connectivity index (χ2v) is 4.73. The van der Waals surface area contributed by atoms with Crippen LogP contribution >= 0.6 is 23.2 Å². The minimum absolute atomic E-state index is 0.127. The Morgan fingerprint density at radius 2 is 2.25 bits per heavy atom. The van der Waals surface area contributed by atoms with Crippen molar-refractivity contribution in [2.24, 2.45) is 0 Å². The molecular formula is C13H13Cl2N3O2. The highest BCUT2D eigenvalue weighted by Gasteiger charge is 2.20. The standard InChI is InChI=1S/C13H13Cl2N3O2/c1-2-20-13(19)12-11(7-14)18(17-16-12)8-9-4-3-5-10(15)6-9/h3-6H,2,7-8H2,1H3. The maximum atomic E-state index is 11.7. The van der Waals surface area contributed by atoms with Gasteiger partial charge in [-0.1, -0.05) is 28.9 Å². The first-order chi connectivity index (χ1) is 9.65. The highest BCUT2D eigenvalue weighted by molar-refractivity contribution is 6.30. The molecule has 0 amide bonds. The highest BCUT2D eigenvalue weighted by Crippen LogP contribution is 2.15. The van der Waals surface area contributed by atoms with E-state index in [0.29, 0.717) is 17.3 Å². The van der Waals surface area contributed by atoms with Crippen molar-refractivity contribution in [1.29, 1.82) is 0 Å². The van der Waals surface area contributed by atoms with E-state index in [9.17, 15) is 4.79 Å². The van der Waals surface area contributed by atoms with Gasteiger partial charge in [0.25, 0.3) is 0 Å². The molecule has 0 radical (unpaired) electrons. The second kappa shape index (κ2) is 6.72. The molecule has 0 saturated heterocycles. The molecule has 106 valence electrons. The third-order valence-electron chi connectivity index (χ3n) is 2.65. The summed E-state index contributed by atoms with van der Waals surface area (Å²) < 4.78 is 6.49. The molecule has 1 heterocycles. The number of hydrogen-bond acceptors (Lipinski definition) is 4. The third-order valence-corrected chi connectivity index (χ3v) is 3.14. The molecule has 0 atom stereocenters. The first kappa shape index (κ1) is 14.8. The summed E-state index contributed by atoms with van der Waals surface area (Å²) in [4.78, 5) is 11.7. The summed E-state index contributed by atoms with van der Waals surface area (Å²) in [5.74, 6) is -0.387. The molecule has 0 spiro atoms. The van der Waals surface area contributed by atoms with Gasteiger partial charge in [-0.25, -0.2) is 9.48 Å². The van der Waals surface area contributed by atoms with Gasteiger partial charge in [0.05, 0.1) is 24.7 Å². The van der Waals surface area contributed by atoms with Gasteiger partial charge in [0.2, 0.25) is 0 Å². The van der Waals surface area contributed by atoms with Gasteiger partial charge in [0, 0.05) is 5.02 Å². The topological polar surface area (TPSA) is 57.0 Å². The molecule has 0 aliphatic carbocycles. The Balaban J connectivity index is 2.27. The smallest absolute Gasteiger partial charge is 0.360 e. The number of esters is 1. The normalized spacial score (nSPS) is 10.6. The molecule has 0 unspecified atom stereocenters. The van der Waals surface area contributed by atoms with Crippen LogP contribution in [0.2, 0.25) is 5.02 Å². The predicted molar refractivity (Wildman–Crippen MR) is 76.1 cm³/mol. The lowest BCUT2D eigenvalue weighted by Crippen LogP contribution is -2.10. The number of halogens is 2. The summed E-state index contributed by atoms with van der Waals surface area (Å²) >= 11 is 11.8. The van der Waals surface area contributed by atoms with Gasteiger partial charge in [0.1, 0.15) is 0 Å². The van der Waals surface area contributed by atoms with Crippen LogP contribution in [0.15, 0.2) is 24.3 Å². The van der Waals surface area contributed by atoms with E-state index in [-0.39, 0.29) is 18.2 Å². The van der Waals surface area contributed by atoms with Crippen LogP contribution < -0.4 is 0 Å². The van der Waals surface area contributed by atoms with Crippen LogP contribution in [-0.4, -0.2) is 27.6 Å². The fourth-order valence-corrected chi connectivity index (χ4v) is 2.24. The van der Waals surface area contributed by atoms with E-state index in [1.165, 1.54) is 0 Å². The number of rotatable bonds is 5. The maximum Gasteiger partial charge on any atom is 0.360 e. The molecule has 0 fully saturated rings. The number of benzene rings is 1. The second-order valence-electron chi connectivity index (χ2n) is 4.03. The van der Waals surface area contributed by atoms with Gasteiger partial charge >= 0.3 is 5.97 Å². The lowest BCUT2D eigenvalue weighted by Gasteiger charge is -2.06. The number of aromatic nitrogens is 3. The summed E-state index contributed by atoms with van der Waals surface area (Å²) in [5, 5.41) is 8.44. The summed E-state index contributed by atoms with van der Waals surface area (Å²) in [6.45, 7) is 2.45. The van der Waals surface area contributed by atoms with E-state index in [1.54, 1.807) is 17.7 Å². The molecule has 0 aliphatic rings. The summed E-state index contributed by atoms with van der Waals surface area (Å²) in [6.07, 6.45) is 0. The molecule has 1 aromatic carbocycles. The zero-order valence-electron chi connectivity index (χ0n) is 10.8. The quantitative estimate of drug-likeness (QED) is 0.629. The monoisotopic (exact) mass is 313 g/mol. The Hall–Kier alpha value is -1.59. The maximum absolute atomic E-state index is 11.7. The molecule has 2 rings (SSSR count). The van der Waals surface area contributed by atoms with Gasteiger partial charge in [-0.2, -0.15) is 0 Å². The highest BCUT2D eigenvalue weighted by atomic mass is 35.5. The average Bonchev–Trinajstić information content (AvgIpc) is 2.82. The Kier molecular flexibility index (Phi) is 4.98. The van der Waals surface area contributed by atoms with Crippen molar-refractivity contribution in [2.75, 3.05) is 6.61 Å². The summed E-state index contributed by atoms with van der Waals surface area (Å²) in [7, 11) is 0. The first-order valence-electron chi connectivity index (χ1n) is 6.05. The molecule has 0 bridgehead atoms. The van der Waals surface area contributed by atoms with E-state index < -0.39 is 5.97 Å². The van der Waals surface area contributed by atoms with Crippen molar-refractivity contribution < 1.29 is 9.53 Å². The van der Waals surface area contributed by atoms with E-state index in [4.69, 9.17) is 27.9 Å². The van der Waals surface area contributed by atoms with E-state index in [2.05, 4.69) is 10.3 Å². The number of nitrogens with zero attached hydrogens (tertiary/aromatic N) is 3. The molecule has 1 aromatic heterocycles. The number of hydrogen-bond donors (Lipinski definition) is 0. The molecule has 20 heavy (non-hydrogen) atoms. The van der Waals surface area contributed by atoms with Gasteiger partial charge in [0.15, 0.2) is 5.69 Å². The van der Waals surface area contributed by atoms with Crippen LogP contribution in [0.5, 0.6) is 0 Å². The van der Waals surface area contributed by atoms with Gasteiger partial charge in [-0.15, -0.1) is 16.7 Å². The molecule has 5 nitrogen and oxygen atoms in total. The Labute approximate surface area is 126 Å². The Morgan fingerprint density at radius 3 is 2.90 bits per heavy atom. The van der Waals surface area contributed by atoms with Crippen LogP contribution in [-0.2, 0) is 17.2 Å². The van der Waals surface area contributed by atoms with Crippen molar-refractivity contribution in [3.63, 3.8) is 0 Å². The Morgan fingerprint density at radius 1 is 1.45 bits per heavy atom. The molecule has 0 aliphatic heterocycles. The minimum atomic E-state index is -0.513. The van der Waals surface area contributed by atoms with Crippen LogP contribution in [0, 0.1) is 0 Å². The zero-order valence-corrected chi connectivity index (χ0v) is 12.4. The fourth-order valence-electron chi connectivity index (χ4n) is 1.76. The number of carbonyl (C=O) groups excluding carboxylic acids is 1. The van der Waals surface area contributed by atoms with Crippen molar-refractivity contribution in [2.45, 2.75) is 19.3 Å². The van der Waals surface area contributed by atoms with E-state index in [1.807, 2.05) is 18.2 Å². The largest absolute Gasteiger partial charge is 0.461 e. The molecule has 0 saturated carbocycles. The zero-order chi connectivity index (χ0) is 14.5. The third kappa shape index (κ3) is 3.29. The fraction of sp³-hybridized carbons (Fsp3) is 0.308. The molecule has 2 aromatic rings. The summed E-state index contributed by atoms with van der Waals surface area (Å²) in [6, 6.07) is 7.38. The van der Waals surface area contributed by atoms with Crippen LogP contribution in [0.1, 0.15) is 28.7 Å². The van der Waals surface area contributed by atoms with Crippen LogP contribution in [0.4, 0.5) is 0 Å². The van der Waals surface area contributed by atoms with Crippen LogP contribution in [0.25, 0.3) is 0 Å². The minimum Gasteiger partial charge on any atom is -0.461 e. The van der Waals surface area contributed by atoms with Crippen molar-refractivity contribution in [3.05, 3.63) is 46.2 Å². The van der Waals surface area contributed by atoms with Crippen molar-refractivity contribution >= 4 is 29.2 Å². The molecule has 0 N–H and O–H groups in total. The van der Waals surface area contributed by atoms with Gasteiger partial charge in [-0.3, -0.25) is 0 Å². The number of alkyl halides is 1. The SMILES string of the molecule is CCOC(=O)c1nnn(Cc2cccc(Cl)c2)c1CCl. The van der Waals surface area contributed by atoms with Crippen LogP contribution in [0.3, 0.4) is 0 Å². The van der Waals surface area contributed by atoms with Gasteiger partial charge in [-0.05, 0) is 24.6 Å². The van der Waals surface area contributed by atoms with E-state index in [0.717, 1.165) is 5.56 Å². The van der Waals surface area contributed by atoms with Gasteiger partial charge < -0.3 is 4.74 Å². The first-order valence-corrected chi connectivity index (χ1v) is 6.96. The average molecular weight is 314 g/mol. The van der Waals surface area contributed by atoms with Crippen molar-refractivity contribution in [1.82, 2.24) is 15.0 Å². The Bertz CT molecular complexity index is 613. The number of carbonyl (C=O) groups is 1. The number of ether oxygens (including phenoxy) is 1. The lowest BCUT2D eigenvalue weighted by atomic mass is 10.2. The molecular weight excluding hydrogens is 301 g/mol. The summed E-state index contributed by atoms with van der Waals surface area (Å²) in [5.41, 5.74) is 1.64. The van der Waals surface area contributed by atoms with E-state index >= 15 is 0 Å². The van der Waals surface area contributed by atoms with Crippen molar-refractivity contribution in [3.8, 4) is 0 Å². The predicted octanol–water partition coefficient (Wildman–Crippen LogP) is 2.90. The lowest BCUT2D eigenvalue weighted by molar-refractivity contribution is 0.0518.